The van der Waals surface area contributed by atoms with E-state index in [-0.39, 0.29) is 11.7 Å². The maximum atomic E-state index is 12.6. The number of Topliss-reactive ketones (excluding diaryl/α,β-unsaturated/α-hetero) is 1. The lowest BCUT2D eigenvalue weighted by Gasteiger charge is -2.47. The lowest BCUT2D eigenvalue weighted by atomic mass is 9.85. The van der Waals surface area contributed by atoms with Crippen LogP contribution in [0.4, 0.5) is 0 Å². The second-order valence-corrected chi connectivity index (χ2v) is 6.86. The molecule has 1 amide bonds. The third kappa shape index (κ3) is 2.99. The molecule has 2 heterocycles. The first-order valence-corrected chi connectivity index (χ1v) is 7.93. The SMILES string of the molecule is CC(=O)CCC1(N)CN(C(=O)c2oc3ccc(Cl)cc3c2C)C1. The van der Waals surface area contributed by atoms with Gasteiger partial charge in [0.05, 0.1) is 5.54 Å². The van der Waals surface area contributed by atoms with E-state index in [0.717, 1.165) is 10.9 Å². The predicted octanol–water partition coefficient (Wildman–Crippen LogP) is 2.92. The zero-order valence-corrected chi connectivity index (χ0v) is 13.9. The number of hydrogen-bond donors (Lipinski definition) is 1. The van der Waals surface area contributed by atoms with Gasteiger partial charge in [0.15, 0.2) is 5.76 Å². The molecule has 5 nitrogen and oxygen atoms in total. The number of amides is 1. The van der Waals surface area contributed by atoms with E-state index < -0.39 is 5.54 Å². The van der Waals surface area contributed by atoms with Crippen molar-refractivity contribution in [2.75, 3.05) is 13.1 Å². The van der Waals surface area contributed by atoms with E-state index >= 15 is 0 Å². The van der Waals surface area contributed by atoms with E-state index in [4.69, 9.17) is 21.8 Å². The summed E-state index contributed by atoms with van der Waals surface area (Å²) in [6.45, 7) is 4.28. The number of rotatable bonds is 4. The Balaban J connectivity index is 1.75. The highest BCUT2D eigenvalue weighted by Crippen LogP contribution is 2.31. The van der Waals surface area contributed by atoms with Crippen LogP contribution in [0.5, 0.6) is 0 Å². The maximum absolute atomic E-state index is 12.6. The zero-order valence-electron chi connectivity index (χ0n) is 13.2. The molecule has 2 aromatic rings. The van der Waals surface area contributed by atoms with Crippen LogP contribution in [0.3, 0.4) is 0 Å². The number of halogens is 1. The van der Waals surface area contributed by atoms with Gasteiger partial charge in [-0.3, -0.25) is 4.79 Å². The summed E-state index contributed by atoms with van der Waals surface area (Å²) in [7, 11) is 0. The van der Waals surface area contributed by atoms with Gasteiger partial charge in [0.25, 0.3) is 5.91 Å². The topological polar surface area (TPSA) is 76.5 Å². The molecule has 0 bridgehead atoms. The van der Waals surface area contributed by atoms with Gasteiger partial charge in [0, 0.05) is 35.5 Å². The Kier molecular flexibility index (Phi) is 3.94. The molecule has 1 aromatic heterocycles. The van der Waals surface area contributed by atoms with Gasteiger partial charge in [-0.1, -0.05) is 11.6 Å². The summed E-state index contributed by atoms with van der Waals surface area (Å²) in [5.74, 6) is 0.277. The van der Waals surface area contributed by atoms with Crippen molar-refractivity contribution in [2.45, 2.75) is 32.2 Å². The van der Waals surface area contributed by atoms with Crippen molar-refractivity contribution < 1.29 is 14.0 Å². The lowest BCUT2D eigenvalue weighted by molar-refractivity contribution is -0.117. The molecule has 122 valence electrons. The quantitative estimate of drug-likeness (QED) is 0.932. The number of nitrogens with zero attached hydrogens (tertiary/aromatic N) is 1. The highest BCUT2D eigenvalue weighted by Gasteiger charge is 2.43. The van der Waals surface area contributed by atoms with Crippen molar-refractivity contribution in [1.82, 2.24) is 4.90 Å². The van der Waals surface area contributed by atoms with Gasteiger partial charge in [-0.2, -0.15) is 0 Å². The third-order valence-electron chi connectivity index (χ3n) is 4.37. The number of carbonyl (C=O) groups excluding carboxylic acids is 2. The molecule has 0 aliphatic carbocycles. The van der Waals surface area contributed by atoms with Crippen LogP contribution < -0.4 is 5.73 Å². The third-order valence-corrected chi connectivity index (χ3v) is 4.60. The lowest BCUT2D eigenvalue weighted by Crippen LogP contribution is -2.68. The smallest absolute Gasteiger partial charge is 0.290 e. The number of benzene rings is 1. The Bertz CT molecular complexity index is 790. The van der Waals surface area contributed by atoms with E-state index in [2.05, 4.69) is 0 Å². The van der Waals surface area contributed by atoms with Gasteiger partial charge in [-0.15, -0.1) is 0 Å². The van der Waals surface area contributed by atoms with E-state index in [0.29, 0.717) is 42.3 Å². The van der Waals surface area contributed by atoms with E-state index in [1.165, 1.54) is 0 Å². The number of carbonyl (C=O) groups is 2. The Morgan fingerprint density at radius 1 is 1.39 bits per heavy atom. The molecule has 1 aliphatic rings. The Morgan fingerprint density at radius 3 is 2.74 bits per heavy atom. The molecule has 23 heavy (non-hydrogen) atoms. The molecule has 0 radical (unpaired) electrons. The Morgan fingerprint density at radius 2 is 2.09 bits per heavy atom. The van der Waals surface area contributed by atoms with Crippen molar-refractivity contribution in [3.8, 4) is 0 Å². The number of hydrogen-bond acceptors (Lipinski definition) is 4. The summed E-state index contributed by atoms with van der Waals surface area (Å²) in [5, 5.41) is 1.45. The maximum Gasteiger partial charge on any atom is 0.290 e. The standard InChI is InChI=1S/C17H19ClN2O3/c1-10(21)5-6-17(19)8-20(9-17)16(22)15-11(2)13-7-12(18)3-4-14(13)23-15/h3-4,7H,5-6,8-9,19H2,1-2H3. The molecule has 0 spiro atoms. The fraction of sp³-hybridized carbons (Fsp3) is 0.412. The average Bonchev–Trinajstić information content (AvgIpc) is 2.78. The van der Waals surface area contributed by atoms with Gasteiger partial charge < -0.3 is 19.8 Å². The van der Waals surface area contributed by atoms with Crippen LogP contribution >= 0.6 is 11.6 Å². The molecule has 6 heteroatoms. The molecular formula is C17H19ClN2O3. The molecule has 0 atom stereocenters. The number of aryl methyl sites for hydroxylation is 1. The van der Waals surface area contributed by atoms with E-state index in [1.54, 1.807) is 30.0 Å². The first-order chi connectivity index (χ1) is 10.8. The number of nitrogens with two attached hydrogens (primary N) is 1. The van der Waals surface area contributed by atoms with Crippen molar-refractivity contribution in [3.63, 3.8) is 0 Å². The molecule has 1 saturated heterocycles. The van der Waals surface area contributed by atoms with Crippen molar-refractivity contribution in [2.24, 2.45) is 5.73 Å². The molecule has 1 aliphatic heterocycles. The molecule has 3 rings (SSSR count). The van der Waals surface area contributed by atoms with Crippen LogP contribution in [-0.4, -0.2) is 35.2 Å². The summed E-state index contributed by atoms with van der Waals surface area (Å²) in [6.07, 6.45) is 1.04. The fourth-order valence-electron chi connectivity index (χ4n) is 2.98. The molecule has 1 aromatic carbocycles. The highest BCUT2D eigenvalue weighted by molar-refractivity contribution is 6.31. The number of furan rings is 1. The summed E-state index contributed by atoms with van der Waals surface area (Å²) in [6, 6.07) is 5.29. The second-order valence-electron chi connectivity index (χ2n) is 6.42. The highest BCUT2D eigenvalue weighted by atomic mass is 35.5. The number of likely N-dealkylation sites (tertiary alicyclic amines) is 1. The summed E-state index contributed by atoms with van der Waals surface area (Å²) >= 11 is 6.00. The van der Waals surface area contributed by atoms with Crippen LogP contribution in [-0.2, 0) is 4.79 Å². The summed E-state index contributed by atoms with van der Waals surface area (Å²) in [4.78, 5) is 25.3. The van der Waals surface area contributed by atoms with Crippen LogP contribution in [0.2, 0.25) is 5.02 Å². The van der Waals surface area contributed by atoms with E-state index in [9.17, 15) is 9.59 Å². The molecule has 0 unspecified atom stereocenters. The summed E-state index contributed by atoms with van der Waals surface area (Å²) in [5.41, 5.74) is 7.16. The summed E-state index contributed by atoms with van der Waals surface area (Å²) < 4.78 is 5.69. The van der Waals surface area contributed by atoms with E-state index in [1.807, 2.05) is 6.92 Å². The minimum absolute atomic E-state index is 0.115. The predicted molar refractivity (Wildman–Crippen MR) is 88.7 cm³/mol. The van der Waals surface area contributed by atoms with Crippen molar-refractivity contribution in [1.29, 1.82) is 0 Å². The number of fused-ring (bicyclic) bond motifs is 1. The van der Waals surface area contributed by atoms with Crippen LogP contribution in [0, 0.1) is 6.92 Å². The molecule has 1 fully saturated rings. The minimum atomic E-state index is -0.468. The second kappa shape index (κ2) is 5.65. The largest absolute Gasteiger partial charge is 0.451 e. The molecular weight excluding hydrogens is 316 g/mol. The number of ketones is 1. The Labute approximate surface area is 139 Å². The van der Waals surface area contributed by atoms with Crippen LogP contribution in [0.15, 0.2) is 22.6 Å². The van der Waals surface area contributed by atoms with Gasteiger partial charge >= 0.3 is 0 Å². The van der Waals surface area contributed by atoms with Gasteiger partial charge in [0.2, 0.25) is 0 Å². The van der Waals surface area contributed by atoms with Gasteiger partial charge in [-0.05, 0) is 38.5 Å². The monoisotopic (exact) mass is 334 g/mol. The molecule has 0 saturated carbocycles. The van der Waals surface area contributed by atoms with Crippen molar-refractivity contribution >= 4 is 34.3 Å². The van der Waals surface area contributed by atoms with Crippen LogP contribution in [0.25, 0.3) is 11.0 Å². The van der Waals surface area contributed by atoms with Crippen LogP contribution in [0.1, 0.15) is 35.9 Å². The fourth-order valence-corrected chi connectivity index (χ4v) is 3.15. The Hall–Kier alpha value is -1.85. The molecule has 2 N–H and O–H groups in total. The minimum Gasteiger partial charge on any atom is -0.451 e. The zero-order chi connectivity index (χ0) is 16.8. The first kappa shape index (κ1) is 16.0. The van der Waals surface area contributed by atoms with Crippen molar-refractivity contribution in [3.05, 3.63) is 34.5 Å². The van der Waals surface area contributed by atoms with Gasteiger partial charge in [-0.25, -0.2) is 0 Å². The first-order valence-electron chi connectivity index (χ1n) is 7.55. The average molecular weight is 335 g/mol. The normalized spacial score (nSPS) is 16.4. The van der Waals surface area contributed by atoms with Gasteiger partial charge in [0.1, 0.15) is 11.4 Å².